The van der Waals surface area contributed by atoms with Crippen LogP contribution in [0.2, 0.25) is 0 Å². The molecule has 1 atom stereocenters. The van der Waals surface area contributed by atoms with Gasteiger partial charge in [0, 0.05) is 5.70 Å². The van der Waals surface area contributed by atoms with Gasteiger partial charge < -0.3 is 10.1 Å². The van der Waals surface area contributed by atoms with Crippen LogP contribution in [0.3, 0.4) is 0 Å². The van der Waals surface area contributed by atoms with E-state index in [1.54, 1.807) is 6.92 Å². The third-order valence-electron chi connectivity index (χ3n) is 3.97. The monoisotopic (exact) mass is 368 g/mol. The Morgan fingerprint density at radius 1 is 1.36 bits per heavy atom. The van der Waals surface area contributed by atoms with Crippen molar-refractivity contribution in [2.24, 2.45) is 0 Å². The van der Waals surface area contributed by atoms with Gasteiger partial charge in [0.1, 0.15) is 6.61 Å². The summed E-state index contributed by atoms with van der Waals surface area (Å²) in [5.74, 6) is -0.896. The number of hydrogen-bond donors (Lipinski definition) is 2. The minimum atomic E-state index is -0.465. The second-order valence-corrected chi connectivity index (χ2v) is 6.82. The molecule has 0 aliphatic carbocycles. The van der Waals surface area contributed by atoms with E-state index in [0.29, 0.717) is 21.9 Å². The number of esters is 1. The highest BCUT2D eigenvalue weighted by Crippen LogP contribution is 2.39. The molecule has 0 radical (unpaired) electrons. The molecule has 4 nitrogen and oxygen atoms in total. The van der Waals surface area contributed by atoms with E-state index in [4.69, 9.17) is 4.74 Å². The van der Waals surface area contributed by atoms with Crippen LogP contribution in [0, 0.1) is 11.3 Å². The first-order valence-electron chi connectivity index (χ1n) is 7.66. The van der Waals surface area contributed by atoms with Gasteiger partial charge in [-0.1, -0.05) is 30.3 Å². The van der Waals surface area contributed by atoms with E-state index in [1.165, 1.54) is 11.3 Å². The molecule has 1 aliphatic heterocycles. The van der Waals surface area contributed by atoms with Crippen LogP contribution in [-0.4, -0.2) is 5.97 Å². The molecule has 1 aromatic heterocycles. The first-order valence-corrected chi connectivity index (χ1v) is 9.05. The van der Waals surface area contributed by atoms with Gasteiger partial charge in [0.25, 0.3) is 0 Å². The van der Waals surface area contributed by atoms with Gasteiger partial charge >= 0.3 is 5.97 Å². The molecule has 0 bridgehead atoms. The van der Waals surface area contributed by atoms with Crippen molar-refractivity contribution in [3.8, 4) is 6.07 Å². The molecular formula is C19H16N2O2S2. The van der Waals surface area contributed by atoms with Crippen molar-refractivity contribution in [3.05, 3.63) is 80.2 Å². The molecule has 25 heavy (non-hydrogen) atoms. The molecule has 2 aromatic rings. The summed E-state index contributed by atoms with van der Waals surface area (Å²) in [6.07, 6.45) is 0. The number of nitriles is 1. The van der Waals surface area contributed by atoms with Gasteiger partial charge in [0.05, 0.1) is 28.2 Å². The van der Waals surface area contributed by atoms with Gasteiger partial charge in [0.15, 0.2) is 0 Å². The number of benzene rings is 1. The number of hydrogen-bond acceptors (Lipinski definition) is 6. The fourth-order valence-electron chi connectivity index (χ4n) is 2.77. The van der Waals surface area contributed by atoms with Crippen molar-refractivity contribution in [2.75, 3.05) is 0 Å². The van der Waals surface area contributed by atoms with E-state index in [2.05, 4.69) is 24.0 Å². The quantitative estimate of drug-likeness (QED) is 0.630. The second-order valence-electron chi connectivity index (χ2n) is 5.59. The average Bonchev–Trinajstić information content (AvgIpc) is 3.14. The van der Waals surface area contributed by atoms with Gasteiger partial charge in [0.2, 0.25) is 0 Å². The topological polar surface area (TPSA) is 62.1 Å². The Balaban J connectivity index is 1.90. The summed E-state index contributed by atoms with van der Waals surface area (Å²) in [5.41, 5.74) is 3.32. The molecular weight excluding hydrogens is 352 g/mol. The first-order chi connectivity index (χ1) is 12.1. The van der Waals surface area contributed by atoms with Crippen LogP contribution in [-0.2, 0) is 16.1 Å². The Kier molecular flexibility index (Phi) is 5.27. The number of dihydropyridines is 1. The van der Waals surface area contributed by atoms with Crippen molar-refractivity contribution in [1.82, 2.24) is 5.32 Å². The van der Waals surface area contributed by atoms with E-state index in [1.807, 2.05) is 47.2 Å². The van der Waals surface area contributed by atoms with Gasteiger partial charge in [-0.25, -0.2) is 4.79 Å². The van der Waals surface area contributed by atoms with Crippen LogP contribution in [0.1, 0.15) is 24.0 Å². The number of rotatable bonds is 4. The zero-order chi connectivity index (χ0) is 17.8. The molecule has 0 amide bonds. The van der Waals surface area contributed by atoms with Crippen LogP contribution in [0.4, 0.5) is 0 Å². The number of ether oxygens (including phenoxy) is 1. The number of carbonyl (C=O) groups excluding carboxylic acids is 1. The average molecular weight is 368 g/mol. The summed E-state index contributed by atoms with van der Waals surface area (Å²) >= 11 is 5.89. The molecule has 1 N–H and O–H groups in total. The van der Waals surface area contributed by atoms with Gasteiger partial charge in [-0.15, -0.1) is 12.6 Å². The van der Waals surface area contributed by atoms with Crippen molar-refractivity contribution in [2.45, 2.75) is 19.4 Å². The van der Waals surface area contributed by atoms with Gasteiger partial charge in [-0.3, -0.25) is 0 Å². The lowest BCUT2D eigenvalue weighted by Crippen LogP contribution is -2.27. The maximum Gasteiger partial charge on any atom is 0.337 e. The van der Waals surface area contributed by atoms with Crippen LogP contribution < -0.4 is 5.32 Å². The van der Waals surface area contributed by atoms with Crippen LogP contribution in [0.15, 0.2) is 69.0 Å². The normalized spacial score (nSPS) is 17.1. The number of nitrogens with one attached hydrogen (secondary N) is 1. The van der Waals surface area contributed by atoms with E-state index < -0.39 is 11.9 Å². The minimum Gasteiger partial charge on any atom is -0.457 e. The lowest BCUT2D eigenvalue weighted by Gasteiger charge is -2.27. The molecule has 0 unspecified atom stereocenters. The van der Waals surface area contributed by atoms with Crippen LogP contribution >= 0.6 is 24.0 Å². The summed E-state index contributed by atoms with van der Waals surface area (Å²) < 4.78 is 5.50. The van der Waals surface area contributed by atoms with Gasteiger partial charge in [-0.05, 0) is 34.9 Å². The second kappa shape index (κ2) is 7.60. The predicted molar refractivity (Wildman–Crippen MR) is 101 cm³/mol. The summed E-state index contributed by atoms with van der Waals surface area (Å²) in [7, 11) is 0. The Morgan fingerprint density at radius 2 is 2.12 bits per heavy atom. The fraction of sp³-hybridized carbons (Fsp3) is 0.158. The fourth-order valence-corrected chi connectivity index (χ4v) is 3.80. The van der Waals surface area contributed by atoms with E-state index >= 15 is 0 Å². The van der Waals surface area contributed by atoms with E-state index in [0.717, 1.165) is 11.1 Å². The van der Waals surface area contributed by atoms with Crippen LogP contribution in [0.25, 0.3) is 0 Å². The highest BCUT2D eigenvalue weighted by Gasteiger charge is 2.34. The molecule has 126 valence electrons. The molecule has 1 aliphatic rings. The highest BCUT2D eigenvalue weighted by atomic mass is 32.1. The zero-order valence-electron chi connectivity index (χ0n) is 13.5. The third-order valence-corrected chi connectivity index (χ3v) is 5.03. The maximum atomic E-state index is 12.8. The first kappa shape index (κ1) is 17.3. The summed E-state index contributed by atoms with van der Waals surface area (Å²) in [5, 5.41) is 16.9. The highest BCUT2D eigenvalue weighted by molar-refractivity contribution is 7.84. The summed E-state index contributed by atoms with van der Waals surface area (Å²) in [6.45, 7) is 1.98. The standard InChI is InChI=1S/C19H16N2O2S2/c1-12-16(19(22)23-10-13-5-3-2-4-6-13)17(14-7-8-25-11-14)15(9-20)18(24)21-12/h2-8,11,17,21,24H,10H2,1H3/t17-/m1/s1. The third kappa shape index (κ3) is 3.63. The maximum absolute atomic E-state index is 12.8. The number of allylic oxidation sites excluding steroid dienone is 2. The van der Waals surface area contributed by atoms with Crippen molar-refractivity contribution in [1.29, 1.82) is 5.26 Å². The Bertz CT molecular complexity index is 878. The van der Waals surface area contributed by atoms with Crippen molar-refractivity contribution < 1.29 is 9.53 Å². The molecule has 1 aromatic carbocycles. The molecule has 0 spiro atoms. The van der Waals surface area contributed by atoms with E-state index in [-0.39, 0.29) is 6.61 Å². The molecule has 3 rings (SSSR count). The summed E-state index contributed by atoms with van der Waals surface area (Å²) in [6, 6.07) is 13.6. The molecule has 0 saturated carbocycles. The zero-order valence-corrected chi connectivity index (χ0v) is 15.2. The number of nitrogens with zero attached hydrogens (tertiary/aromatic N) is 1. The minimum absolute atomic E-state index is 0.187. The smallest absolute Gasteiger partial charge is 0.337 e. The Hall–Kier alpha value is -2.49. The Morgan fingerprint density at radius 3 is 2.76 bits per heavy atom. The molecule has 2 heterocycles. The lowest BCUT2D eigenvalue weighted by molar-refractivity contribution is -0.140. The SMILES string of the molecule is CC1=C(C(=O)OCc2ccccc2)[C@H](c2ccsc2)C(C#N)=C(S)N1. The summed E-state index contributed by atoms with van der Waals surface area (Å²) in [4.78, 5) is 12.8. The Labute approximate surface area is 155 Å². The molecule has 0 fully saturated rings. The largest absolute Gasteiger partial charge is 0.457 e. The predicted octanol–water partition coefficient (Wildman–Crippen LogP) is 4.12. The molecule has 6 heteroatoms. The van der Waals surface area contributed by atoms with Crippen LogP contribution in [0.5, 0.6) is 0 Å². The van der Waals surface area contributed by atoms with Crippen molar-refractivity contribution >= 4 is 29.9 Å². The number of thiol groups is 1. The number of thiophene rings is 1. The lowest BCUT2D eigenvalue weighted by atomic mass is 9.84. The number of carbonyl (C=O) groups is 1. The molecule has 0 saturated heterocycles. The van der Waals surface area contributed by atoms with Gasteiger partial charge in [-0.2, -0.15) is 16.6 Å². The van der Waals surface area contributed by atoms with Crippen molar-refractivity contribution in [3.63, 3.8) is 0 Å². The van der Waals surface area contributed by atoms with E-state index in [9.17, 15) is 10.1 Å².